The summed E-state index contributed by atoms with van der Waals surface area (Å²) in [5, 5.41) is 9.20. The van der Waals surface area contributed by atoms with Crippen molar-refractivity contribution in [2.45, 2.75) is 86.7 Å². The molecule has 0 radical (unpaired) electrons. The van der Waals surface area contributed by atoms with Crippen molar-refractivity contribution >= 4 is 17.5 Å². The maximum atomic E-state index is 11.5. The summed E-state index contributed by atoms with van der Waals surface area (Å²) in [4.78, 5) is 34.0. The minimum atomic E-state index is -0.103. The van der Waals surface area contributed by atoms with Gasteiger partial charge in [0.1, 0.15) is 11.6 Å². The second-order valence-corrected chi connectivity index (χ2v) is 9.28. The van der Waals surface area contributed by atoms with Crippen LogP contribution in [0.4, 0.5) is 0 Å². The van der Waals surface area contributed by atoms with Gasteiger partial charge in [-0.1, -0.05) is 55.4 Å². The summed E-state index contributed by atoms with van der Waals surface area (Å²) >= 11 is 0. The SMILES string of the molecule is CC(C)NCCC(=O)C(C)C.CC(C)NCCOCCOCCNC(=O)CCC(=O)C(C)C. The van der Waals surface area contributed by atoms with Crippen molar-refractivity contribution in [2.75, 3.05) is 46.1 Å². The molecule has 0 fully saturated rings. The van der Waals surface area contributed by atoms with Crippen LogP contribution >= 0.6 is 0 Å². The number of hydrogen-bond acceptors (Lipinski definition) is 7. The molecule has 0 atom stereocenters. The van der Waals surface area contributed by atoms with Crippen molar-refractivity contribution in [3.8, 4) is 0 Å². The Morgan fingerprint density at radius 2 is 1.03 bits per heavy atom. The van der Waals surface area contributed by atoms with Gasteiger partial charge in [0.15, 0.2) is 0 Å². The molecule has 0 unspecified atom stereocenters. The topological polar surface area (TPSA) is 106 Å². The van der Waals surface area contributed by atoms with Crippen LogP contribution in [-0.2, 0) is 23.9 Å². The Hall–Kier alpha value is -1.35. The average molecular weight is 474 g/mol. The summed E-state index contributed by atoms with van der Waals surface area (Å²) in [6.07, 6.45) is 1.22. The summed E-state index contributed by atoms with van der Waals surface area (Å²) in [5.74, 6) is 0.540. The molecule has 0 heterocycles. The van der Waals surface area contributed by atoms with E-state index in [9.17, 15) is 14.4 Å². The van der Waals surface area contributed by atoms with Gasteiger partial charge in [0.25, 0.3) is 0 Å². The van der Waals surface area contributed by atoms with E-state index >= 15 is 0 Å². The Kier molecular flexibility index (Phi) is 23.0. The monoisotopic (exact) mass is 473 g/mol. The highest BCUT2D eigenvalue weighted by Crippen LogP contribution is 2.01. The molecule has 0 aliphatic rings. The Balaban J connectivity index is 0. The molecule has 196 valence electrons. The molecular formula is C25H51N3O5. The normalized spacial score (nSPS) is 11.2. The number of carbonyl (C=O) groups excluding carboxylic acids is 3. The first-order chi connectivity index (χ1) is 15.5. The summed E-state index contributed by atoms with van der Waals surface area (Å²) < 4.78 is 10.7. The van der Waals surface area contributed by atoms with E-state index in [-0.39, 0.29) is 29.9 Å². The van der Waals surface area contributed by atoms with Gasteiger partial charge in [-0.15, -0.1) is 0 Å². The van der Waals surface area contributed by atoms with Crippen molar-refractivity contribution in [1.82, 2.24) is 16.0 Å². The van der Waals surface area contributed by atoms with Gasteiger partial charge in [-0.25, -0.2) is 0 Å². The predicted octanol–water partition coefficient (Wildman–Crippen LogP) is 2.74. The van der Waals surface area contributed by atoms with E-state index in [4.69, 9.17) is 9.47 Å². The van der Waals surface area contributed by atoms with E-state index in [0.29, 0.717) is 63.7 Å². The molecular weight excluding hydrogens is 422 g/mol. The average Bonchev–Trinajstić information content (AvgIpc) is 2.72. The van der Waals surface area contributed by atoms with Crippen LogP contribution in [0.25, 0.3) is 0 Å². The van der Waals surface area contributed by atoms with Gasteiger partial charge < -0.3 is 25.4 Å². The summed E-state index contributed by atoms with van der Waals surface area (Å²) in [7, 11) is 0. The van der Waals surface area contributed by atoms with Gasteiger partial charge >= 0.3 is 0 Å². The maximum absolute atomic E-state index is 11.5. The molecule has 0 spiro atoms. The lowest BCUT2D eigenvalue weighted by molar-refractivity contribution is -0.126. The molecule has 1 amide bonds. The molecule has 0 saturated carbocycles. The molecule has 0 rings (SSSR count). The van der Waals surface area contributed by atoms with Gasteiger partial charge in [0.2, 0.25) is 5.91 Å². The molecule has 8 heteroatoms. The van der Waals surface area contributed by atoms with E-state index in [0.717, 1.165) is 13.1 Å². The van der Waals surface area contributed by atoms with Crippen LogP contribution < -0.4 is 16.0 Å². The minimum absolute atomic E-state index is 0.00753. The first-order valence-electron chi connectivity index (χ1n) is 12.4. The fraction of sp³-hybridized carbons (Fsp3) is 0.880. The fourth-order valence-corrected chi connectivity index (χ4v) is 2.39. The van der Waals surface area contributed by atoms with Crippen LogP contribution in [0.3, 0.4) is 0 Å². The lowest BCUT2D eigenvalue weighted by atomic mass is 10.0. The van der Waals surface area contributed by atoms with Gasteiger partial charge in [-0.2, -0.15) is 0 Å². The third kappa shape index (κ3) is 26.8. The zero-order chi connectivity index (χ0) is 25.6. The highest BCUT2D eigenvalue weighted by molar-refractivity contribution is 5.85. The molecule has 0 aromatic heterocycles. The molecule has 8 nitrogen and oxygen atoms in total. The van der Waals surface area contributed by atoms with Gasteiger partial charge in [-0.3, -0.25) is 14.4 Å². The van der Waals surface area contributed by atoms with Crippen molar-refractivity contribution in [2.24, 2.45) is 11.8 Å². The highest BCUT2D eigenvalue weighted by atomic mass is 16.5. The van der Waals surface area contributed by atoms with Crippen molar-refractivity contribution < 1.29 is 23.9 Å². The van der Waals surface area contributed by atoms with E-state index < -0.39 is 0 Å². The molecule has 0 aromatic rings. The molecule has 0 aromatic carbocycles. The third-order valence-corrected chi connectivity index (χ3v) is 4.55. The first kappa shape index (κ1) is 33.8. The number of carbonyl (C=O) groups is 3. The molecule has 0 aliphatic carbocycles. The zero-order valence-corrected chi connectivity index (χ0v) is 22.4. The zero-order valence-electron chi connectivity index (χ0n) is 22.4. The van der Waals surface area contributed by atoms with E-state index in [1.54, 1.807) is 0 Å². The van der Waals surface area contributed by atoms with E-state index in [1.165, 1.54) is 0 Å². The Morgan fingerprint density at radius 1 is 0.576 bits per heavy atom. The number of amides is 1. The predicted molar refractivity (Wildman–Crippen MR) is 134 cm³/mol. The second kappa shape index (κ2) is 22.4. The van der Waals surface area contributed by atoms with Crippen LogP contribution in [0.1, 0.15) is 74.7 Å². The van der Waals surface area contributed by atoms with Crippen LogP contribution in [0.15, 0.2) is 0 Å². The lowest BCUT2D eigenvalue weighted by Crippen LogP contribution is -2.28. The fourth-order valence-electron chi connectivity index (χ4n) is 2.39. The van der Waals surface area contributed by atoms with Crippen LogP contribution in [0.2, 0.25) is 0 Å². The number of Topliss-reactive ketones (excluding diaryl/α,β-unsaturated/α-hetero) is 2. The van der Waals surface area contributed by atoms with Crippen molar-refractivity contribution in [3.05, 3.63) is 0 Å². The Labute approximate surface area is 202 Å². The quantitative estimate of drug-likeness (QED) is 0.248. The number of ketones is 2. The van der Waals surface area contributed by atoms with Gasteiger partial charge in [0, 0.05) is 62.8 Å². The number of ether oxygens (including phenoxy) is 2. The molecule has 3 N–H and O–H groups in total. The molecule has 0 saturated heterocycles. The van der Waals surface area contributed by atoms with Crippen molar-refractivity contribution in [1.29, 1.82) is 0 Å². The molecule has 0 bridgehead atoms. The highest BCUT2D eigenvalue weighted by Gasteiger charge is 2.09. The van der Waals surface area contributed by atoms with Gasteiger partial charge in [0.05, 0.1) is 26.4 Å². The first-order valence-corrected chi connectivity index (χ1v) is 12.4. The minimum Gasteiger partial charge on any atom is -0.378 e. The Morgan fingerprint density at radius 3 is 1.52 bits per heavy atom. The van der Waals surface area contributed by atoms with Crippen molar-refractivity contribution in [3.63, 3.8) is 0 Å². The Bertz CT molecular complexity index is 508. The molecule has 0 aliphatic heterocycles. The van der Waals surface area contributed by atoms with Crippen LogP contribution in [0, 0.1) is 11.8 Å². The van der Waals surface area contributed by atoms with E-state index in [2.05, 4.69) is 43.6 Å². The lowest BCUT2D eigenvalue weighted by Gasteiger charge is -2.09. The summed E-state index contributed by atoms with van der Waals surface area (Å²) in [5.41, 5.74) is 0. The number of nitrogens with one attached hydrogen (secondary N) is 3. The third-order valence-electron chi connectivity index (χ3n) is 4.55. The summed E-state index contributed by atoms with van der Waals surface area (Å²) in [6.45, 7) is 20.2. The smallest absolute Gasteiger partial charge is 0.220 e. The van der Waals surface area contributed by atoms with Crippen LogP contribution in [0.5, 0.6) is 0 Å². The number of rotatable bonds is 19. The maximum Gasteiger partial charge on any atom is 0.220 e. The second-order valence-electron chi connectivity index (χ2n) is 9.28. The molecule has 33 heavy (non-hydrogen) atoms. The van der Waals surface area contributed by atoms with Crippen LogP contribution in [-0.4, -0.2) is 75.6 Å². The summed E-state index contributed by atoms with van der Waals surface area (Å²) in [6, 6.07) is 0.953. The standard InChI is InChI=1S/C16H32N2O4.C9H19NO/c1-13(2)15(19)5-6-16(20)18-8-10-22-12-11-21-9-7-17-14(3)4;1-7(2)9(11)5-6-10-8(3)4/h13-14,17H,5-12H2,1-4H3,(H,18,20);7-8,10H,5-6H2,1-4H3. The van der Waals surface area contributed by atoms with E-state index in [1.807, 2.05) is 27.7 Å². The van der Waals surface area contributed by atoms with Gasteiger partial charge in [-0.05, 0) is 0 Å². The largest absolute Gasteiger partial charge is 0.378 e. The number of hydrogen-bond donors (Lipinski definition) is 3.